The highest BCUT2D eigenvalue weighted by Gasteiger charge is 2.27. The van der Waals surface area contributed by atoms with Gasteiger partial charge in [0.1, 0.15) is 11.9 Å². The molecule has 1 saturated heterocycles. The van der Waals surface area contributed by atoms with Gasteiger partial charge in [0.15, 0.2) is 0 Å². The number of nitrogens with zero attached hydrogens (tertiary/aromatic N) is 1. The van der Waals surface area contributed by atoms with Crippen LogP contribution in [0.25, 0.3) is 0 Å². The van der Waals surface area contributed by atoms with Crippen LogP contribution >= 0.6 is 0 Å². The molecule has 0 aliphatic carbocycles. The molecule has 2 unspecified atom stereocenters. The maximum atomic E-state index is 10.2. The van der Waals surface area contributed by atoms with Gasteiger partial charge in [0.05, 0.1) is 31.7 Å². The molecule has 0 saturated carbocycles. The quantitative estimate of drug-likeness (QED) is 0.872. The average Bonchev–Trinajstić information content (AvgIpc) is 2.93. The fourth-order valence-electron chi connectivity index (χ4n) is 2.52. The number of aliphatic hydroxyl groups is 1. The largest absolute Gasteiger partial charge is 0.467 e. The smallest absolute Gasteiger partial charge is 0.132 e. The van der Waals surface area contributed by atoms with Crippen LogP contribution in [-0.2, 0) is 9.47 Å². The second kappa shape index (κ2) is 7.40. The van der Waals surface area contributed by atoms with Gasteiger partial charge < -0.3 is 19.0 Å². The third-order valence-electron chi connectivity index (χ3n) is 3.63. The molecule has 0 spiro atoms. The average molecular weight is 297 g/mol. The molecule has 2 rings (SSSR count). The predicted octanol–water partition coefficient (Wildman–Crippen LogP) is 2.22. The molecular weight excluding hydrogens is 270 g/mol. The van der Waals surface area contributed by atoms with Crippen molar-refractivity contribution in [3.05, 3.63) is 24.2 Å². The van der Waals surface area contributed by atoms with E-state index in [4.69, 9.17) is 13.9 Å². The summed E-state index contributed by atoms with van der Waals surface area (Å²) < 4.78 is 16.6. The number of rotatable bonds is 6. The first-order chi connectivity index (χ1) is 9.96. The maximum absolute atomic E-state index is 10.2. The van der Waals surface area contributed by atoms with Crippen LogP contribution in [0, 0.1) is 0 Å². The van der Waals surface area contributed by atoms with Gasteiger partial charge in [-0.05, 0) is 39.3 Å². The molecule has 1 aromatic heterocycles. The fourth-order valence-corrected chi connectivity index (χ4v) is 2.52. The van der Waals surface area contributed by atoms with E-state index in [2.05, 4.69) is 25.7 Å². The Hall–Kier alpha value is -0.880. The van der Waals surface area contributed by atoms with Crippen LogP contribution in [0.4, 0.5) is 0 Å². The van der Waals surface area contributed by atoms with Crippen LogP contribution in [0.1, 0.15) is 39.1 Å². The standard InChI is InChI=1S/C16H27NO4/c1-16(2,3)21-10-7-17-6-9-19-12-13(17)11-14(18)15-5-4-8-20-15/h4-5,8,13-14,18H,6-7,9-12H2,1-3H3. The van der Waals surface area contributed by atoms with E-state index in [0.717, 1.165) is 19.7 Å². The SMILES string of the molecule is CC(C)(C)OCCN1CCOCC1CC(O)c1ccco1. The Morgan fingerprint density at radius 1 is 1.48 bits per heavy atom. The Bertz CT molecular complexity index is 399. The summed E-state index contributed by atoms with van der Waals surface area (Å²) in [6.45, 7) is 9.99. The summed E-state index contributed by atoms with van der Waals surface area (Å²) in [7, 11) is 0. The van der Waals surface area contributed by atoms with Crippen molar-refractivity contribution in [3.63, 3.8) is 0 Å². The highest BCUT2D eigenvalue weighted by atomic mass is 16.5. The molecule has 1 N–H and O–H groups in total. The van der Waals surface area contributed by atoms with Crippen LogP contribution in [0.5, 0.6) is 0 Å². The van der Waals surface area contributed by atoms with Gasteiger partial charge in [0.2, 0.25) is 0 Å². The van der Waals surface area contributed by atoms with E-state index in [9.17, 15) is 5.11 Å². The van der Waals surface area contributed by atoms with Crippen molar-refractivity contribution in [2.75, 3.05) is 32.9 Å². The number of ether oxygens (including phenoxy) is 2. The molecule has 2 heterocycles. The van der Waals surface area contributed by atoms with E-state index >= 15 is 0 Å². The van der Waals surface area contributed by atoms with Crippen LogP contribution < -0.4 is 0 Å². The zero-order valence-corrected chi connectivity index (χ0v) is 13.2. The Balaban J connectivity index is 1.83. The molecule has 0 aromatic carbocycles. The van der Waals surface area contributed by atoms with E-state index in [1.165, 1.54) is 0 Å². The molecular formula is C16H27NO4. The fraction of sp³-hybridized carbons (Fsp3) is 0.750. The van der Waals surface area contributed by atoms with Crippen molar-refractivity contribution in [1.29, 1.82) is 0 Å². The molecule has 5 nitrogen and oxygen atoms in total. The van der Waals surface area contributed by atoms with Gasteiger partial charge in [0.25, 0.3) is 0 Å². The molecule has 2 atom stereocenters. The molecule has 1 aliphatic rings. The summed E-state index contributed by atoms with van der Waals surface area (Å²) in [5.41, 5.74) is -0.116. The summed E-state index contributed by atoms with van der Waals surface area (Å²) >= 11 is 0. The third-order valence-corrected chi connectivity index (χ3v) is 3.63. The predicted molar refractivity (Wildman–Crippen MR) is 80.2 cm³/mol. The van der Waals surface area contributed by atoms with E-state index in [1.54, 1.807) is 18.4 Å². The topological polar surface area (TPSA) is 55.1 Å². The first-order valence-corrected chi connectivity index (χ1v) is 7.63. The zero-order valence-electron chi connectivity index (χ0n) is 13.2. The Morgan fingerprint density at radius 2 is 2.29 bits per heavy atom. The van der Waals surface area contributed by atoms with Gasteiger partial charge in [0, 0.05) is 19.1 Å². The van der Waals surface area contributed by atoms with Crippen molar-refractivity contribution < 1.29 is 19.0 Å². The van der Waals surface area contributed by atoms with Crippen molar-refractivity contribution in [2.24, 2.45) is 0 Å². The highest BCUT2D eigenvalue weighted by Crippen LogP contribution is 2.23. The first-order valence-electron chi connectivity index (χ1n) is 7.63. The van der Waals surface area contributed by atoms with Crippen molar-refractivity contribution in [3.8, 4) is 0 Å². The molecule has 1 fully saturated rings. The molecule has 120 valence electrons. The number of aliphatic hydroxyl groups excluding tert-OH is 1. The Kier molecular flexibility index (Phi) is 5.81. The first kappa shape index (κ1) is 16.5. The Labute approximate surface area is 126 Å². The number of morpholine rings is 1. The van der Waals surface area contributed by atoms with Gasteiger partial charge in [-0.2, -0.15) is 0 Å². The van der Waals surface area contributed by atoms with Gasteiger partial charge in [-0.15, -0.1) is 0 Å². The maximum Gasteiger partial charge on any atom is 0.132 e. The lowest BCUT2D eigenvalue weighted by Gasteiger charge is -2.36. The minimum atomic E-state index is -0.585. The Morgan fingerprint density at radius 3 is 2.95 bits per heavy atom. The minimum absolute atomic E-state index is 0.116. The van der Waals surface area contributed by atoms with Gasteiger partial charge in [-0.3, -0.25) is 4.90 Å². The lowest BCUT2D eigenvalue weighted by Crippen LogP contribution is -2.47. The number of hydrogen-bond acceptors (Lipinski definition) is 5. The minimum Gasteiger partial charge on any atom is -0.467 e. The normalized spacial score (nSPS) is 22.4. The van der Waals surface area contributed by atoms with Crippen molar-refractivity contribution >= 4 is 0 Å². The van der Waals surface area contributed by atoms with Gasteiger partial charge in [-0.1, -0.05) is 0 Å². The molecule has 1 aliphatic heterocycles. The number of hydrogen-bond donors (Lipinski definition) is 1. The summed E-state index contributed by atoms with van der Waals surface area (Å²) in [6.07, 6.45) is 1.62. The summed E-state index contributed by atoms with van der Waals surface area (Å²) in [5.74, 6) is 0.617. The zero-order chi connectivity index (χ0) is 15.3. The van der Waals surface area contributed by atoms with E-state index < -0.39 is 6.10 Å². The summed E-state index contributed by atoms with van der Waals surface area (Å²) in [5, 5.41) is 10.2. The highest BCUT2D eigenvalue weighted by molar-refractivity contribution is 5.02. The van der Waals surface area contributed by atoms with E-state index in [-0.39, 0.29) is 11.6 Å². The van der Waals surface area contributed by atoms with Crippen LogP contribution in [0.15, 0.2) is 22.8 Å². The number of furan rings is 1. The molecule has 21 heavy (non-hydrogen) atoms. The second-order valence-corrected chi connectivity index (χ2v) is 6.49. The van der Waals surface area contributed by atoms with Crippen LogP contribution in [0.3, 0.4) is 0 Å². The molecule has 1 aromatic rings. The van der Waals surface area contributed by atoms with E-state index in [0.29, 0.717) is 25.4 Å². The monoisotopic (exact) mass is 297 g/mol. The molecule has 0 bridgehead atoms. The van der Waals surface area contributed by atoms with Crippen molar-refractivity contribution in [1.82, 2.24) is 4.90 Å². The molecule has 0 radical (unpaired) electrons. The summed E-state index contributed by atoms with van der Waals surface area (Å²) in [4.78, 5) is 2.33. The van der Waals surface area contributed by atoms with Crippen LogP contribution in [0.2, 0.25) is 0 Å². The summed E-state index contributed by atoms with van der Waals surface area (Å²) in [6, 6.07) is 3.80. The van der Waals surface area contributed by atoms with Gasteiger partial charge >= 0.3 is 0 Å². The molecule has 5 heteroatoms. The van der Waals surface area contributed by atoms with Crippen molar-refractivity contribution in [2.45, 2.75) is 44.9 Å². The van der Waals surface area contributed by atoms with Gasteiger partial charge in [-0.25, -0.2) is 0 Å². The van der Waals surface area contributed by atoms with E-state index in [1.807, 2.05) is 0 Å². The second-order valence-electron chi connectivity index (χ2n) is 6.49. The molecule has 0 amide bonds. The lowest BCUT2D eigenvalue weighted by atomic mass is 10.1. The third kappa shape index (κ3) is 5.43. The van der Waals surface area contributed by atoms with Crippen LogP contribution in [-0.4, -0.2) is 54.6 Å². The lowest BCUT2D eigenvalue weighted by molar-refractivity contribution is -0.0581.